The monoisotopic (exact) mass is 231 g/mol. The third-order valence-electron chi connectivity index (χ3n) is 2.55. The molecule has 3 nitrogen and oxygen atoms in total. The van der Waals surface area contributed by atoms with E-state index in [2.05, 4.69) is 4.98 Å². The number of aromatic nitrogens is 1. The SMILES string of the molecule is Cc1c(C(=O)O)ccnc1-c1ccc(F)cc1. The molecule has 0 bridgehead atoms. The van der Waals surface area contributed by atoms with Crippen LogP contribution < -0.4 is 0 Å². The van der Waals surface area contributed by atoms with E-state index in [0.29, 0.717) is 16.8 Å². The summed E-state index contributed by atoms with van der Waals surface area (Å²) in [6.07, 6.45) is 1.44. The molecule has 0 spiro atoms. The summed E-state index contributed by atoms with van der Waals surface area (Å²) in [4.78, 5) is 15.1. The summed E-state index contributed by atoms with van der Waals surface area (Å²) < 4.78 is 12.8. The molecule has 0 fully saturated rings. The molecule has 1 heterocycles. The molecular weight excluding hydrogens is 221 g/mol. The lowest BCUT2D eigenvalue weighted by Gasteiger charge is -2.07. The van der Waals surface area contributed by atoms with Crippen LogP contribution in [0.2, 0.25) is 0 Å². The van der Waals surface area contributed by atoms with Gasteiger partial charge in [0.2, 0.25) is 0 Å². The van der Waals surface area contributed by atoms with E-state index >= 15 is 0 Å². The van der Waals surface area contributed by atoms with Crippen LogP contribution in [0, 0.1) is 12.7 Å². The first-order valence-corrected chi connectivity index (χ1v) is 5.04. The molecule has 4 heteroatoms. The van der Waals surface area contributed by atoms with Gasteiger partial charge in [0.05, 0.1) is 11.3 Å². The highest BCUT2D eigenvalue weighted by Gasteiger charge is 2.12. The fraction of sp³-hybridized carbons (Fsp3) is 0.0769. The summed E-state index contributed by atoms with van der Waals surface area (Å²) in [6, 6.07) is 7.26. The second kappa shape index (κ2) is 4.33. The van der Waals surface area contributed by atoms with Crippen LogP contribution in [0.1, 0.15) is 15.9 Å². The Morgan fingerprint density at radius 3 is 2.47 bits per heavy atom. The van der Waals surface area contributed by atoms with Crippen molar-refractivity contribution in [3.8, 4) is 11.3 Å². The van der Waals surface area contributed by atoms with Crippen molar-refractivity contribution < 1.29 is 14.3 Å². The zero-order valence-corrected chi connectivity index (χ0v) is 9.14. The predicted molar refractivity (Wildman–Crippen MR) is 61.3 cm³/mol. The first kappa shape index (κ1) is 11.3. The van der Waals surface area contributed by atoms with E-state index < -0.39 is 5.97 Å². The highest BCUT2D eigenvalue weighted by molar-refractivity contribution is 5.91. The van der Waals surface area contributed by atoms with Crippen LogP contribution in [-0.2, 0) is 0 Å². The largest absolute Gasteiger partial charge is 0.478 e. The van der Waals surface area contributed by atoms with Crippen molar-refractivity contribution in [2.45, 2.75) is 6.92 Å². The van der Waals surface area contributed by atoms with Crippen LogP contribution >= 0.6 is 0 Å². The molecule has 2 aromatic rings. The zero-order valence-electron chi connectivity index (χ0n) is 9.14. The Morgan fingerprint density at radius 1 is 1.24 bits per heavy atom. The van der Waals surface area contributed by atoms with Crippen molar-refractivity contribution >= 4 is 5.97 Å². The van der Waals surface area contributed by atoms with Gasteiger partial charge in [0.1, 0.15) is 5.82 Å². The molecule has 1 aromatic carbocycles. The highest BCUT2D eigenvalue weighted by Crippen LogP contribution is 2.23. The Balaban J connectivity index is 2.56. The van der Waals surface area contributed by atoms with E-state index in [1.54, 1.807) is 19.1 Å². The molecule has 1 aromatic heterocycles. The van der Waals surface area contributed by atoms with Crippen LogP contribution in [-0.4, -0.2) is 16.1 Å². The maximum absolute atomic E-state index is 12.8. The number of aromatic carboxylic acids is 1. The molecule has 2 rings (SSSR count). The van der Waals surface area contributed by atoms with Gasteiger partial charge in [-0.05, 0) is 42.8 Å². The normalized spacial score (nSPS) is 10.2. The minimum atomic E-state index is -0.992. The van der Waals surface area contributed by atoms with Crippen LogP contribution in [0.4, 0.5) is 4.39 Å². The number of carboxylic acid groups (broad SMARTS) is 1. The van der Waals surface area contributed by atoms with E-state index in [-0.39, 0.29) is 11.4 Å². The summed E-state index contributed by atoms with van der Waals surface area (Å²) >= 11 is 0. The van der Waals surface area contributed by atoms with E-state index in [1.807, 2.05) is 0 Å². The molecular formula is C13H10FNO2. The van der Waals surface area contributed by atoms with Gasteiger partial charge in [-0.15, -0.1) is 0 Å². The standard InChI is InChI=1S/C13H10FNO2/c1-8-11(13(16)17)6-7-15-12(8)9-2-4-10(14)5-3-9/h2-7H,1H3,(H,16,17). The molecule has 0 aliphatic rings. The van der Waals surface area contributed by atoms with Gasteiger partial charge >= 0.3 is 5.97 Å². The summed E-state index contributed by atoms with van der Waals surface area (Å²) in [7, 11) is 0. The molecule has 0 saturated heterocycles. The van der Waals surface area contributed by atoms with Crippen LogP contribution in [0.3, 0.4) is 0 Å². The van der Waals surface area contributed by atoms with E-state index in [9.17, 15) is 9.18 Å². The number of hydrogen-bond acceptors (Lipinski definition) is 2. The van der Waals surface area contributed by atoms with Gasteiger partial charge in [-0.3, -0.25) is 4.98 Å². The molecule has 0 amide bonds. The minimum Gasteiger partial charge on any atom is -0.478 e. The fourth-order valence-corrected chi connectivity index (χ4v) is 1.67. The van der Waals surface area contributed by atoms with Crippen molar-refractivity contribution in [1.82, 2.24) is 4.98 Å². The van der Waals surface area contributed by atoms with Crippen LogP contribution in [0.25, 0.3) is 11.3 Å². The van der Waals surface area contributed by atoms with Crippen LogP contribution in [0.5, 0.6) is 0 Å². The van der Waals surface area contributed by atoms with Gasteiger partial charge < -0.3 is 5.11 Å². The maximum Gasteiger partial charge on any atom is 0.336 e. The molecule has 1 N–H and O–H groups in total. The van der Waals surface area contributed by atoms with Gasteiger partial charge in [-0.1, -0.05) is 0 Å². The number of rotatable bonds is 2. The van der Waals surface area contributed by atoms with Crippen LogP contribution in [0.15, 0.2) is 36.5 Å². The third kappa shape index (κ3) is 2.15. The van der Waals surface area contributed by atoms with Gasteiger partial charge in [0.25, 0.3) is 0 Å². The number of halogens is 1. The molecule has 86 valence electrons. The number of hydrogen-bond donors (Lipinski definition) is 1. The molecule has 0 saturated carbocycles. The number of pyridine rings is 1. The molecule has 0 aliphatic heterocycles. The molecule has 17 heavy (non-hydrogen) atoms. The van der Waals surface area contributed by atoms with Crippen molar-refractivity contribution in [1.29, 1.82) is 0 Å². The number of nitrogens with zero attached hydrogens (tertiary/aromatic N) is 1. The van der Waals surface area contributed by atoms with Gasteiger partial charge in [0.15, 0.2) is 0 Å². The van der Waals surface area contributed by atoms with Crippen molar-refractivity contribution in [3.05, 3.63) is 53.5 Å². The number of benzene rings is 1. The quantitative estimate of drug-likeness (QED) is 0.864. The van der Waals surface area contributed by atoms with Crippen molar-refractivity contribution in [3.63, 3.8) is 0 Å². The summed E-state index contributed by atoms with van der Waals surface area (Å²) in [6.45, 7) is 1.69. The van der Waals surface area contributed by atoms with E-state index in [0.717, 1.165) is 0 Å². The van der Waals surface area contributed by atoms with Crippen molar-refractivity contribution in [2.24, 2.45) is 0 Å². The Kier molecular flexibility index (Phi) is 2.87. The van der Waals surface area contributed by atoms with Crippen molar-refractivity contribution in [2.75, 3.05) is 0 Å². The van der Waals surface area contributed by atoms with Gasteiger partial charge in [0, 0.05) is 11.8 Å². The smallest absolute Gasteiger partial charge is 0.336 e. The molecule has 0 radical (unpaired) electrons. The second-order valence-electron chi connectivity index (χ2n) is 3.64. The van der Waals surface area contributed by atoms with E-state index in [4.69, 9.17) is 5.11 Å². The maximum atomic E-state index is 12.8. The Bertz CT molecular complexity index is 564. The first-order chi connectivity index (χ1) is 8.09. The Hall–Kier alpha value is -2.23. The summed E-state index contributed by atoms with van der Waals surface area (Å²) in [5.41, 5.74) is 2.04. The topological polar surface area (TPSA) is 50.2 Å². The highest BCUT2D eigenvalue weighted by atomic mass is 19.1. The second-order valence-corrected chi connectivity index (χ2v) is 3.64. The molecule has 0 atom stereocenters. The zero-order chi connectivity index (χ0) is 12.4. The van der Waals surface area contributed by atoms with Gasteiger partial charge in [-0.2, -0.15) is 0 Å². The number of carboxylic acids is 1. The lowest BCUT2D eigenvalue weighted by atomic mass is 10.0. The Morgan fingerprint density at radius 2 is 1.88 bits per heavy atom. The van der Waals surface area contributed by atoms with Gasteiger partial charge in [-0.25, -0.2) is 9.18 Å². The lowest BCUT2D eigenvalue weighted by molar-refractivity contribution is 0.0696. The summed E-state index contributed by atoms with van der Waals surface area (Å²) in [5, 5.41) is 8.99. The minimum absolute atomic E-state index is 0.208. The third-order valence-corrected chi connectivity index (χ3v) is 2.55. The first-order valence-electron chi connectivity index (χ1n) is 5.04. The molecule has 0 unspecified atom stereocenters. The lowest BCUT2D eigenvalue weighted by Crippen LogP contribution is -2.02. The molecule has 0 aliphatic carbocycles. The predicted octanol–water partition coefficient (Wildman–Crippen LogP) is 2.89. The fourth-order valence-electron chi connectivity index (χ4n) is 1.67. The summed E-state index contributed by atoms with van der Waals surface area (Å²) in [5.74, 6) is -1.32. The Labute approximate surface area is 97.6 Å². The average molecular weight is 231 g/mol. The average Bonchev–Trinajstić information content (AvgIpc) is 2.30. The number of carbonyl (C=O) groups is 1. The van der Waals surface area contributed by atoms with E-state index in [1.165, 1.54) is 24.4 Å².